The van der Waals surface area contributed by atoms with E-state index in [0.29, 0.717) is 0 Å². The molecule has 2 aromatic rings. The molecule has 3 atom stereocenters. The summed E-state index contributed by atoms with van der Waals surface area (Å²) in [6.45, 7) is 0. The van der Waals surface area contributed by atoms with E-state index in [1.54, 1.807) is 12.1 Å². The fourth-order valence-corrected chi connectivity index (χ4v) is 3.00. The Bertz CT molecular complexity index is 801. The second-order valence-electron chi connectivity index (χ2n) is 5.94. The van der Waals surface area contributed by atoms with Crippen LogP contribution in [0.25, 0.3) is 0 Å². The average molecular weight is 388 g/mol. The van der Waals surface area contributed by atoms with Crippen LogP contribution in [0.2, 0.25) is 0 Å². The Hall–Kier alpha value is -2.75. The Morgan fingerprint density at radius 3 is 1.93 bits per heavy atom. The van der Waals surface area contributed by atoms with Gasteiger partial charge < -0.3 is 0 Å². The van der Waals surface area contributed by atoms with Gasteiger partial charge in [0, 0.05) is 4.92 Å². The second kappa shape index (κ2) is 6.76. The molecule has 0 amide bonds. The van der Waals surface area contributed by atoms with Gasteiger partial charge in [0.05, 0.1) is 5.69 Å². The van der Waals surface area contributed by atoms with Crippen LogP contribution < -0.4 is 5.06 Å². The highest BCUT2D eigenvalue weighted by Crippen LogP contribution is 2.49. The monoisotopic (exact) mass is 388 g/mol. The van der Waals surface area contributed by atoms with Gasteiger partial charge in [-0.15, -0.1) is 0 Å². The minimum absolute atomic E-state index is 0.124. The summed E-state index contributed by atoms with van der Waals surface area (Å²) in [4.78, 5) is 15.3. The Labute approximate surface area is 150 Å². The molecule has 0 aliphatic carbocycles. The van der Waals surface area contributed by atoms with E-state index in [0.717, 1.165) is 5.06 Å². The Kier molecular flexibility index (Phi) is 4.77. The number of halogens is 5. The van der Waals surface area contributed by atoms with E-state index >= 15 is 0 Å². The zero-order chi connectivity index (χ0) is 19.8. The van der Waals surface area contributed by atoms with Crippen molar-refractivity contribution in [2.45, 2.75) is 30.3 Å². The summed E-state index contributed by atoms with van der Waals surface area (Å²) in [5, 5.41) is 12.3. The van der Waals surface area contributed by atoms with Crippen LogP contribution in [0.3, 0.4) is 0 Å². The smallest absolute Gasteiger partial charge is 0.264 e. The molecule has 0 bridgehead atoms. The van der Waals surface area contributed by atoms with Crippen molar-refractivity contribution in [3.63, 3.8) is 0 Å². The molecule has 10 heteroatoms. The van der Waals surface area contributed by atoms with Crippen molar-refractivity contribution in [2.24, 2.45) is 0 Å². The van der Waals surface area contributed by atoms with Gasteiger partial charge in [0.25, 0.3) is 6.04 Å². The van der Waals surface area contributed by atoms with Crippen LogP contribution in [0.5, 0.6) is 0 Å². The van der Waals surface area contributed by atoms with Crippen molar-refractivity contribution in [1.82, 2.24) is 0 Å². The van der Waals surface area contributed by atoms with E-state index < -0.39 is 35.2 Å². The van der Waals surface area contributed by atoms with Crippen LogP contribution in [-0.4, -0.2) is 29.2 Å². The van der Waals surface area contributed by atoms with Crippen LogP contribution in [0.15, 0.2) is 60.7 Å². The summed E-state index contributed by atoms with van der Waals surface area (Å²) in [5.41, 5.74) is 0.308. The summed E-state index contributed by atoms with van der Waals surface area (Å²) < 4.78 is 66.8. The minimum Gasteiger partial charge on any atom is -0.264 e. The predicted octanol–water partition coefficient (Wildman–Crippen LogP) is 4.39. The van der Waals surface area contributed by atoms with Gasteiger partial charge in [0.15, 0.2) is 6.04 Å². The highest BCUT2D eigenvalue weighted by Gasteiger charge is 2.72. The summed E-state index contributed by atoms with van der Waals surface area (Å²) in [7, 11) is 0. The average Bonchev–Trinajstić information content (AvgIpc) is 3.04. The van der Waals surface area contributed by atoms with Gasteiger partial charge in [0.2, 0.25) is 6.10 Å². The lowest BCUT2D eigenvalue weighted by Crippen LogP contribution is -2.53. The number of para-hydroxylation sites is 1. The summed E-state index contributed by atoms with van der Waals surface area (Å²) in [6, 6.07) is 11.0. The normalized spacial score (nSPS) is 23.4. The second-order valence-corrected chi connectivity index (χ2v) is 5.94. The zero-order valence-electron chi connectivity index (χ0n) is 13.5. The van der Waals surface area contributed by atoms with Gasteiger partial charge in [-0.1, -0.05) is 48.5 Å². The standard InChI is InChI=1S/C17H13F5N2O3/c18-16(19,17(20,21)22)15-14(24(25)26)13(11-7-3-1-4-8-11)23(27-15)12-9-5-2-6-10-12/h1-10,13-15H/t13-,14+,15+/m0/s1. The molecule has 1 fully saturated rings. The number of alkyl halides is 5. The fourth-order valence-electron chi connectivity index (χ4n) is 3.00. The number of nitrogens with zero attached hydrogens (tertiary/aromatic N) is 2. The molecule has 3 rings (SSSR count). The Balaban J connectivity index is 2.15. The quantitative estimate of drug-likeness (QED) is 0.443. The first kappa shape index (κ1) is 19.0. The lowest BCUT2D eigenvalue weighted by molar-refractivity contribution is -0.539. The van der Waals surface area contributed by atoms with E-state index in [1.165, 1.54) is 48.5 Å². The fraction of sp³-hybridized carbons (Fsp3) is 0.294. The first-order chi connectivity index (χ1) is 12.6. The molecule has 0 radical (unpaired) electrons. The van der Waals surface area contributed by atoms with E-state index in [1.807, 2.05) is 0 Å². The molecule has 0 unspecified atom stereocenters. The highest BCUT2D eigenvalue weighted by molar-refractivity contribution is 5.48. The zero-order valence-corrected chi connectivity index (χ0v) is 13.5. The number of benzene rings is 2. The summed E-state index contributed by atoms with van der Waals surface area (Å²) in [5.74, 6) is -5.42. The molecule has 1 heterocycles. The Morgan fingerprint density at radius 1 is 0.926 bits per heavy atom. The lowest BCUT2D eigenvalue weighted by atomic mass is 9.93. The third-order valence-electron chi connectivity index (χ3n) is 4.24. The number of rotatable bonds is 4. The maximum Gasteiger partial charge on any atom is 0.456 e. The molecule has 1 aliphatic rings. The van der Waals surface area contributed by atoms with Crippen molar-refractivity contribution < 1.29 is 31.7 Å². The molecule has 0 aromatic heterocycles. The van der Waals surface area contributed by atoms with Crippen LogP contribution in [0, 0.1) is 10.1 Å². The predicted molar refractivity (Wildman–Crippen MR) is 84.8 cm³/mol. The maximum absolute atomic E-state index is 14.0. The lowest BCUT2D eigenvalue weighted by Gasteiger charge is -2.25. The van der Waals surface area contributed by atoms with Gasteiger partial charge in [-0.3, -0.25) is 15.0 Å². The van der Waals surface area contributed by atoms with Crippen molar-refractivity contribution >= 4 is 5.69 Å². The molecule has 2 aromatic carbocycles. The molecule has 0 saturated carbocycles. The van der Waals surface area contributed by atoms with Crippen LogP contribution in [-0.2, 0) is 4.84 Å². The molecule has 5 nitrogen and oxygen atoms in total. The summed E-state index contributed by atoms with van der Waals surface area (Å²) in [6.07, 6.45) is -9.02. The van der Waals surface area contributed by atoms with Gasteiger partial charge in [-0.05, 0) is 17.7 Å². The minimum atomic E-state index is -6.00. The van der Waals surface area contributed by atoms with Crippen molar-refractivity contribution in [1.29, 1.82) is 0 Å². The van der Waals surface area contributed by atoms with Gasteiger partial charge >= 0.3 is 12.1 Å². The third kappa shape index (κ3) is 3.32. The molecule has 1 aliphatic heterocycles. The molecule has 1 saturated heterocycles. The molecule has 0 spiro atoms. The first-order valence-corrected chi connectivity index (χ1v) is 7.78. The highest BCUT2D eigenvalue weighted by atomic mass is 19.4. The first-order valence-electron chi connectivity index (χ1n) is 7.78. The molecular formula is C17H13F5N2O3. The third-order valence-corrected chi connectivity index (χ3v) is 4.24. The molecule has 144 valence electrons. The van der Waals surface area contributed by atoms with Crippen LogP contribution in [0.4, 0.5) is 27.6 Å². The topological polar surface area (TPSA) is 55.6 Å². The number of hydroxylamine groups is 1. The maximum atomic E-state index is 14.0. The van der Waals surface area contributed by atoms with Crippen molar-refractivity contribution in [3.8, 4) is 0 Å². The van der Waals surface area contributed by atoms with E-state index in [9.17, 15) is 32.1 Å². The SMILES string of the molecule is O=[N+]([O-])[C@H]1[C@H](C(F)(F)C(F)(F)F)ON(c2ccccc2)[C@H]1c1ccccc1. The number of hydrogen-bond acceptors (Lipinski definition) is 4. The van der Waals surface area contributed by atoms with E-state index in [2.05, 4.69) is 0 Å². The largest absolute Gasteiger partial charge is 0.456 e. The van der Waals surface area contributed by atoms with Gasteiger partial charge in [-0.2, -0.15) is 22.0 Å². The van der Waals surface area contributed by atoms with Crippen LogP contribution >= 0.6 is 0 Å². The molecule has 0 N–H and O–H groups in total. The van der Waals surface area contributed by atoms with E-state index in [-0.39, 0.29) is 11.3 Å². The van der Waals surface area contributed by atoms with Crippen molar-refractivity contribution in [3.05, 3.63) is 76.3 Å². The summed E-state index contributed by atoms with van der Waals surface area (Å²) >= 11 is 0. The number of nitro groups is 1. The molecular weight excluding hydrogens is 375 g/mol. The van der Waals surface area contributed by atoms with E-state index in [4.69, 9.17) is 4.84 Å². The van der Waals surface area contributed by atoms with Gasteiger partial charge in [-0.25, -0.2) is 5.06 Å². The number of hydrogen-bond donors (Lipinski definition) is 0. The number of anilines is 1. The van der Waals surface area contributed by atoms with Gasteiger partial charge in [0.1, 0.15) is 0 Å². The Morgan fingerprint density at radius 2 is 1.44 bits per heavy atom. The van der Waals surface area contributed by atoms with Crippen molar-refractivity contribution in [2.75, 3.05) is 5.06 Å². The molecule has 27 heavy (non-hydrogen) atoms. The van der Waals surface area contributed by atoms with Crippen LogP contribution in [0.1, 0.15) is 11.6 Å².